The van der Waals surface area contributed by atoms with E-state index in [1.807, 2.05) is 12.1 Å². The molecule has 0 aliphatic carbocycles. The number of rotatable bonds is 4. The van der Waals surface area contributed by atoms with Gasteiger partial charge in [-0.1, -0.05) is 19.1 Å². The second-order valence-corrected chi connectivity index (χ2v) is 4.70. The van der Waals surface area contributed by atoms with Crippen LogP contribution in [0.1, 0.15) is 18.4 Å². The lowest BCUT2D eigenvalue weighted by molar-refractivity contribution is 0.173. The second kappa shape index (κ2) is 4.93. The molecule has 0 bridgehead atoms. The van der Waals surface area contributed by atoms with E-state index >= 15 is 0 Å². The van der Waals surface area contributed by atoms with E-state index < -0.39 is 0 Å². The summed E-state index contributed by atoms with van der Waals surface area (Å²) in [4.78, 5) is 2.38. The summed E-state index contributed by atoms with van der Waals surface area (Å²) in [7, 11) is 2.16. The van der Waals surface area contributed by atoms with Crippen molar-refractivity contribution in [2.24, 2.45) is 0 Å². The first-order valence-electron chi connectivity index (χ1n) is 5.83. The SMILES string of the molecule is CC(CN(C)C1CNC1)c1ccc(F)cc1. The summed E-state index contributed by atoms with van der Waals surface area (Å²) in [5, 5.41) is 3.27. The van der Waals surface area contributed by atoms with Crippen molar-refractivity contribution in [1.82, 2.24) is 10.2 Å². The van der Waals surface area contributed by atoms with Crippen molar-refractivity contribution in [3.8, 4) is 0 Å². The van der Waals surface area contributed by atoms with Crippen LogP contribution in [0.15, 0.2) is 24.3 Å². The van der Waals surface area contributed by atoms with E-state index in [-0.39, 0.29) is 5.82 Å². The fourth-order valence-corrected chi connectivity index (χ4v) is 2.06. The topological polar surface area (TPSA) is 15.3 Å². The molecule has 1 N–H and O–H groups in total. The van der Waals surface area contributed by atoms with Crippen molar-refractivity contribution < 1.29 is 4.39 Å². The highest BCUT2D eigenvalue weighted by Gasteiger charge is 2.22. The minimum Gasteiger partial charge on any atom is -0.314 e. The van der Waals surface area contributed by atoms with Gasteiger partial charge >= 0.3 is 0 Å². The maximum Gasteiger partial charge on any atom is 0.123 e. The highest BCUT2D eigenvalue weighted by atomic mass is 19.1. The van der Waals surface area contributed by atoms with Gasteiger partial charge in [-0.25, -0.2) is 4.39 Å². The fourth-order valence-electron chi connectivity index (χ4n) is 2.06. The maximum absolute atomic E-state index is 12.8. The van der Waals surface area contributed by atoms with Gasteiger partial charge in [-0.15, -0.1) is 0 Å². The molecule has 0 radical (unpaired) electrons. The third-order valence-corrected chi connectivity index (χ3v) is 3.38. The monoisotopic (exact) mass is 222 g/mol. The van der Waals surface area contributed by atoms with Crippen LogP contribution in [-0.4, -0.2) is 37.6 Å². The Morgan fingerprint density at radius 2 is 2.00 bits per heavy atom. The Bertz CT molecular complexity index is 332. The molecule has 1 fully saturated rings. The highest BCUT2D eigenvalue weighted by molar-refractivity contribution is 5.20. The molecule has 1 unspecified atom stereocenters. The van der Waals surface area contributed by atoms with Gasteiger partial charge < -0.3 is 10.2 Å². The van der Waals surface area contributed by atoms with Crippen molar-refractivity contribution in [2.45, 2.75) is 18.9 Å². The maximum atomic E-state index is 12.8. The van der Waals surface area contributed by atoms with Gasteiger partial charge in [0.15, 0.2) is 0 Å². The summed E-state index contributed by atoms with van der Waals surface area (Å²) in [6.45, 7) is 5.40. The third-order valence-electron chi connectivity index (χ3n) is 3.38. The zero-order valence-corrected chi connectivity index (χ0v) is 9.91. The molecule has 0 saturated carbocycles. The van der Waals surface area contributed by atoms with Crippen LogP contribution in [0, 0.1) is 5.82 Å². The average molecular weight is 222 g/mol. The summed E-state index contributed by atoms with van der Waals surface area (Å²) >= 11 is 0. The number of nitrogens with one attached hydrogen (secondary N) is 1. The number of likely N-dealkylation sites (N-methyl/N-ethyl adjacent to an activating group) is 1. The van der Waals surface area contributed by atoms with Crippen molar-refractivity contribution in [3.63, 3.8) is 0 Å². The molecule has 1 atom stereocenters. The Kier molecular flexibility index (Phi) is 3.56. The fraction of sp³-hybridized carbons (Fsp3) is 0.538. The van der Waals surface area contributed by atoms with Gasteiger partial charge in [-0.2, -0.15) is 0 Å². The second-order valence-electron chi connectivity index (χ2n) is 4.70. The lowest BCUT2D eigenvalue weighted by Crippen LogP contribution is -2.56. The molecule has 2 nitrogen and oxygen atoms in total. The molecular weight excluding hydrogens is 203 g/mol. The molecule has 0 amide bonds. The van der Waals surface area contributed by atoms with Crippen LogP contribution < -0.4 is 5.32 Å². The Morgan fingerprint density at radius 3 is 2.50 bits per heavy atom. The standard InChI is InChI=1S/C13H19FN2/c1-10(9-16(2)13-7-15-8-13)11-3-5-12(14)6-4-11/h3-6,10,13,15H,7-9H2,1-2H3. The molecular formula is C13H19FN2. The number of nitrogens with zero attached hydrogens (tertiary/aromatic N) is 1. The van der Waals surface area contributed by atoms with E-state index in [1.165, 1.54) is 17.7 Å². The Hall–Kier alpha value is -0.930. The number of benzene rings is 1. The zero-order valence-electron chi connectivity index (χ0n) is 9.91. The smallest absolute Gasteiger partial charge is 0.123 e. The molecule has 1 aromatic rings. The number of hydrogen-bond acceptors (Lipinski definition) is 2. The highest BCUT2D eigenvalue weighted by Crippen LogP contribution is 2.18. The Labute approximate surface area is 96.5 Å². The summed E-state index contributed by atoms with van der Waals surface area (Å²) in [5.41, 5.74) is 1.21. The summed E-state index contributed by atoms with van der Waals surface area (Å²) < 4.78 is 12.8. The van der Waals surface area contributed by atoms with Crippen molar-refractivity contribution in [2.75, 3.05) is 26.7 Å². The lowest BCUT2D eigenvalue weighted by atomic mass is 9.99. The zero-order chi connectivity index (χ0) is 11.5. The molecule has 16 heavy (non-hydrogen) atoms. The summed E-state index contributed by atoms with van der Waals surface area (Å²) in [5.74, 6) is 0.290. The summed E-state index contributed by atoms with van der Waals surface area (Å²) in [6, 6.07) is 7.51. The van der Waals surface area contributed by atoms with Gasteiger partial charge in [-0.05, 0) is 30.7 Å². The van der Waals surface area contributed by atoms with E-state index in [4.69, 9.17) is 0 Å². The van der Waals surface area contributed by atoms with Crippen molar-refractivity contribution in [1.29, 1.82) is 0 Å². The van der Waals surface area contributed by atoms with E-state index in [2.05, 4.69) is 24.2 Å². The van der Waals surface area contributed by atoms with E-state index in [0.717, 1.165) is 19.6 Å². The average Bonchev–Trinajstić information content (AvgIpc) is 2.15. The third kappa shape index (κ3) is 2.60. The quantitative estimate of drug-likeness (QED) is 0.836. The first-order chi connectivity index (χ1) is 7.66. The van der Waals surface area contributed by atoms with E-state index in [1.54, 1.807) is 0 Å². The first-order valence-corrected chi connectivity index (χ1v) is 5.83. The molecule has 1 aliphatic rings. The molecule has 1 aliphatic heterocycles. The molecule has 0 spiro atoms. The van der Waals surface area contributed by atoms with Crippen LogP contribution in [0.2, 0.25) is 0 Å². The number of halogens is 1. The predicted molar refractivity (Wildman–Crippen MR) is 64.1 cm³/mol. The first kappa shape index (κ1) is 11.6. The van der Waals surface area contributed by atoms with E-state index in [0.29, 0.717) is 12.0 Å². The van der Waals surface area contributed by atoms with Crippen molar-refractivity contribution >= 4 is 0 Å². The predicted octanol–water partition coefficient (Wildman–Crippen LogP) is 1.83. The van der Waals surface area contributed by atoms with Crippen LogP contribution in [0.3, 0.4) is 0 Å². The van der Waals surface area contributed by atoms with Gasteiger partial charge in [0.1, 0.15) is 5.82 Å². The minimum atomic E-state index is -0.160. The minimum absolute atomic E-state index is 0.160. The molecule has 2 rings (SSSR count). The van der Waals surface area contributed by atoms with Gasteiger partial charge in [0.05, 0.1) is 0 Å². The van der Waals surface area contributed by atoms with E-state index in [9.17, 15) is 4.39 Å². The lowest BCUT2D eigenvalue weighted by Gasteiger charge is -2.37. The van der Waals surface area contributed by atoms with Crippen LogP contribution in [-0.2, 0) is 0 Å². The van der Waals surface area contributed by atoms with Gasteiger partial charge in [-0.3, -0.25) is 0 Å². The molecule has 88 valence electrons. The van der Waals surface area contributed by atoms with Crippen molar-refractivity contribution in [3.05, 3.63) is 35.6 Å². The van der Waals surface area contributed by atoms with Gasteiger partial charge in [0.2, 0.25) is 0 Å². The Balaban J connectivity index is 1.91. The molecule has 1 saturated heterocycles. The van der Waals surface area contributed by atoms with Gasteiger partial charge in [0, 0.05) is 25.7 Å². The summed E-state index contributed by atoms with van der Waals surface area (Å²) in [6.07, 6.45) is 0. The molecule has 1 heterocycles. The molecule has 1 aromatic carbocycles. The Morgan fingerprint density at radius 1 is 1.38 bits per heavy atom. The molecule has 3 heteroatoms. The van der Waals surface area contributed by atoms with Crippen LogP contribution >= 0.6 is 0 Å². The molecule has 0 aromatic heterocycles. The van der Waals surface area contributed by atoms with Crippen LogP contribution in [0.4, 0.5) is 4.39 Å². The van der Waals surface area contributed by atoms with Crippen LogP contribution in [0.5, 0.6) is 0 Å². The van der Waals surface area contributed by atoms with Gasteiger partial charge in [0.25, 0.3) is 0 Å². The number of hydrogen-bond donors (Lipinski definition) is 1. The normalized spacial score (nSPS) is 18.5. The van der Waals surface area contributed by atoms with Crippen LogP contribution in [0.25, 0.3) is 0 Å². The largest absolute Gasteiger partial charge is 0.314 e.